The fourth-order valence-electron chi connectivity index (χ4n) is 2.40. The van der Waals surface area contributed by atoms with Gasteiger partial charge in [-0.15, -0.1) is 0 Å². The number of nitrogens with zero attached hydrogens (tertiary/aromatic N) is 3. The summed E-state index contributed by atoms with van der Waals surface area (Å²) in [5, 5.41) is 7.01. The Balaban J connectivity index is 1.76. The maximum Gasteiger partial charge on any atom is 0.248 e. The van der Waals surface area contributed by atoms with E-state index in [1.165, 1.54) is 6.08 Å². The molecule has 0 atom stereocenters. The number of nitrogens with one attached hydrogen (secondary N) is 1. The first kappa shape index (κ1) is 18.7. The van der Waals surface area contributed by atoms with Crippen LogP contribution in [0.3, 0.4) is 0 Å². The predicted octanol–water partition coefficient (Wildman–Crippen LogP) is 3.70. The van der Waals surface area contributed by atoms with Crippen molar-refractivity contribution in [1.82, 2.24) is 14.8 Å². The van der Waals surface area contributed by atoms with E-state index in [1.54, 1.807) is 67.8 Å². The number of anilines is 1. The molecule has 0 aliphatic carbocycles. The summed E-state index contributed by atoms with van der Waals surface area (Å²) < 4.78 is 12.9. The first-order valence-corrected chi connectivity index (χ1v) is 8.76. The van der Waals surface area contributed by atoms with E-state index >= 15 is 0 Å². The molecule has 1 aromatic carbocycles. The number of ether oxygens (including phenoxy) is 2. The van der Waals surface area contributed by atoms with Gasteiger partial charge in [-0.1, -0.05) is 6.07 Å². The van der Waals surface area contributed by atoms with Gasteiger partial charge in [0, 0.05) is 18.5 Å². The van der Waals surface area contributed by atoms with E-state index in [-0.39, 0.29) is 5.91 Å². The first-order chi connectivity index (χ1) is 13.1. The van der Waals surface area contributed by atoms with Crippen LogP contribution in [-0.4, -0.2) is 34.9 Å². The van der Waals surface area contributed by atoms with Crippen molar-refractivity contribution in [3.8, 4) is 17.3 Å². The average molecular weight is 429 g/mol. The summed E-state index contributed by atoms with van der Waals surface area (Å²) in [4.78, 5) is 16.6. The van der Waals surface area contributed by atoms with Gasteiger partial charge in [-0.3, -0.25) is 4.79 Å². The van der Waals surface area contributed by atoms with Crippen LogP contribution in [0, 0.1) is 0 Å². The van der Waals surface area contributed by atoms with Crippen molar-refractivity contribution in [1.29, 1.82) is 0 Å². The Hall–Kier alpha value is -3.13. The highest BCUT2D eigenvalue weighted by molar-refractivity contribution is 9.10. The summed E-state index contributed by atoms with van der Waals surface area (Å²) in [5.41, 5.74) is 1.36. The summed E-state index contributed by atoms with van der Waals surface area (Å²) in [5.74, 6) is 1.46. The second kappa shape index (κ2) is 8.50. The number of hydrogen-bond acceptors (Lipinski definition) is 5. The van der Waals surface area contributed by atoms with Crippen LogP contribution >= 0.6 is 15.9 Å². The number of rotatable bonds is 6. The molecule has 0 saturated heterocycles. The van der Waals surface area contributed by atoms with Gasteiger partial charge in [0.25, 0.3) is 0 Å². The van der Waals surface area contributed by atoms with Crippen LogP contribution in [0.1, 0.15) is 5.56 Å². The number of carbonyl (C=O) groups excluding carboxylic acids is 1. The zero-order valence-corrected chi connectivity index (χ0v) is 16.3. The molecule has 0 fully saturated rings. The quantitative estimate of drug-likeness (QED) is 0.605. The van der Waals surface area contributed by atoms with Gasteiger partial charge in [0.2, 0.25) is 5.91 Å². The molecular formula is C19H17BrN4O3. The van der Waals surface area contributed by atoms with Gasteiger partial charge in [0.05, 0.1) is 30.6 Å². The number of aromatic nitrogens is 3. The van der Waals surface area contributed by atoms with E-state index in [4.69, 9.17) is 9.47 Å². The van der Waals surface area contributed by atoms with Crippen LogP contribution in [0.15, 0.2) is 59.5 Å². The fraction of sp³-hybridized carbons (Fsp3) is 0.105. The Morgan fingerprint density at radius 1 is 1.22 bits per heavy atom. The molecule has 0 spiro atoms. The minimum Gasteiger partial charge on any atom is -0.493 e. The molecule has 0 bridgehead atoms. The highest BCUT2D eigenvalue weighted by Gasteiger charge is 2.09. The number of amides is 1. The van der Waals surface area contributed by atoms with E-state index < -0.39 is 0 Å². The third kappa shape index (κ3) is 4.53. The molecule has 1 N–H and O–H groups in total. The van der Waals surface area contributed by atoms with E-state index in [0.717, 1.165) is 10.0 Å². The van der Waals surface area contributed by atoms with Crippen LogP contribution in [0.5, 0.6) is 11.5 Å². The molecule has 0 aliphatic heterocycles. The van der Waals surface area contributed by atoms with E-state index in [2.05, 4.69) is 31.3 Å². The third-order valence-electron chi connectivity index (χ3n) is 3.65. The maximum atomic E-state index is 12.3. The molecule has 3 rings (SSSR count). The summed E-state index contributed by atoms with van der Waals surface area (Å²) in [6.45, 7) is 0. The van der Waals surface area contributed by atoms with E-state index in [1.807, 2.05) is 6.07 Å². The number of pyridine rings is 1. The van der Waals surface area contributed by atoms with Crippen LogP contribution < -0.4 is 14.8 Å². The maximum absolute atomic E-state index is 12.3. The summed E-state index contributed by atoms with van der Waals surface area (Å²) >= 11 is 3.35. The molecule has 27 heavy (non-hydrogen) atoms. The zero-order valence-electron chi connectivity index (χ0n) is 14.7. The summed E-state index contributed by atoms with van der Waals surface area (Å²) in [7, 11) is 3.14. The number of methoxy groups -OCH3 is 2. The number of halogens is 1. The van der Waals surface area contributed by atoms with E-state index in [0.29, 0.717) is 23.0 Å². The Labute approximate surface area is 164 Å². The molecule has 2 heterocycles. The largest absolute Gasteiger partial charge is 0.493 e. The summed E-state index contributed by atoms with van der Waals surface area (Å²) in [6.07, 6.45) is 8.18. The van der Waals surface area contributed by atoms with Crippen molar-refractivity contribution < 1.29 is 14.3 Å². The molecule has 138 valence electrons. The molecular weight excluding hydrogens is 412 g/mol. The van der Waals surface area contributed by atoms with Gasteiger partial charge in [0.15, 0.2) is 17.3 Å². The molecule has 0 unspecified atom stereocenters. The lowest BCUT2D eigenvalue weighted by molar-refractivity contribution is -0.111. The van der Waals surface area contributed by atoms with Gasteiger partial charge in [-0.25, -0.2) is 9.67 Å². The van der Waals surface area contributed by atoms with Gasteiger partial charge >= 0.3 is 0 Å². The Morgan fingerprint density at radius 2 is 2.04 bits per heavy atom. The molecule has 7 nitrogen and oxygen atoms in total. The molecule has 2 aromatic heterocycles. The smallest absolute Gasteiger partial charge is 0.248 e. The average Bonchev–Trinajstić information content (AvgIpc) is 3.12. The molecule has 3 aromatic rings. The topological polar surface area (TPSA) is 78.3 Å². The molecule has 0 saturated carbocycles. The Bertz CT molecular complexity index is 985. The van der Waals surface area contributed by atoms with Gasteiger partial charge < -0.3 is 14.8 Å². The second-order valence-corrected chi connectivity index (χ2v) is 6.33. The number of benzene rings is 1. The van der Waals surface area contributed by atoms with Crippen molar-refractivity contribution in [3.05, 3.63) is 65.0 Å². The minimum absolute atomic E-state index is 0.287. The predicted molar refractivity (Wildman–Crippen MR) is 106 cm³/mol. The van der Waals surface area contributed by atoms with Crippen LogP contribution in [0.4, 0.5) is 5.69 Å². The highest BCUT2D eigenvalue weighted by Crippen LogP contribution is 2.28. The second-order valence-electron chi connectivity index (χ2n) is 5.41. The number of carbonyl (C=O) groups is 1. The zero-order chi connectivity index (χ0) is 19.2. The normalized spacial score (nSPS) is 10.8. The van der Waals surface area contributed by atoms with Gasteiger partial charge in [-0.2, -0.15) is 5.10 Å². The van der Waals surface area contributed by atoms with Crippen molar-refractivity contribution in [2.24, 2.45) is 0 Å². The summed E-state index contributed by atoms with van der Waals surface area (Å²) in [6, 6.07) is 8.92. The Morgan fingerprint density at radius 3 is 2.74 bits per heavy atom. The third-order valence-corrected chi connectivity index (χ3v) is 4.06. The fourth-order valence-corrected chi connectivity index (χ4v) is 2.68. The van der Waals surface area contributed by atoms with Crippen LogP contribution in [-0.2, 0) is 4.79 Å². The van der Waals surface area contributed by atoms with Gasteiger partial charge in [-0.05, 0) is 51.8 Å². The molecule has 0 radical (unpaired) electrons. The Kier molecular flexibility index (Phi) is 5.87. The lowest BCUT2D eigenvalue weighted by Crippen LogP contribution is -2.11. The SMILES string of the molecule is COc1ccc(/C=C/C(=O)Nc2cccnc2-n2cc(Br)cn2)cc1OC. The standard InChI is InChI=1S/C19H17BrN4O3/c1-26-16-7-5-13(10-17(16)27-2)6-8-18(25)23-15-4-3-9-21-19(15)24-12-14(20)11-22-24/h3-12H,1-2H3,(H,23,25)/b8-6+. The lowest BCUT2D eigenvalue weighted by atomic mass is 10.2. The monoisotopic (exact) mass is 428 g/mol. The first-order valence-electron chi connectivity index (χ1n) is 7.97. The number of hydrogen-bond donors (Lipinski definition) is 1. The molecule has 8 heteroatoms. The highest BCUT2D eigenvalue weighted by atomic mass is 79.9. The van der Waals surface area contributed by atoms with Crippen molar-refractivity contribution in [2.45, 2.75) is 0 Å². The molecule has 0 aliphatic rings. The minimum atomic E-state index is -0.287. The van der Waals surface area contributed by atoms with Gasteiger partial charge in [0.1, 0.15) is 0 Å². The van der Waals surface area contributed by atoms with Crippen LogP contribution in [0.25, 0.3) is 11.9 Å². The lowest BCUT2D eigenvalue weighted by Gasteiger charge is -2.09. The van der Waals surface area contributed by atoms with Crippen molar-refractivity contribution in [3.63, 3.8) is 0 Å². The van der Waals surface area contributed by atoms with Crippen molar-refractivity contribution >= 4 is 33.6 Å². The molecule has 1 amide bonds. The van der Waals surface area contributed by atoms with Crippen molar-refractivity contribution in [2.75, 3.05) is 19.5 Å². The van der Waals surface area contributed by atoms with Crippen LogP contribution in [0.2, 0.25) is 0 Å². The van der Waals surface area contributed by atoms with E-state index in [9.17, 15) is 4.79 Å².